The number of carbonyl (C=O) groups excluding carboxylic acids is 3. The predicted octanol–water partition coefficient (Wildman–Crippen LogP) is 5.65. The van der Waals surface area contributed by atoms with Gasteiger partial charge < -0.3 is 9.64 Å². The Morgan fingerprint density at radius 1 is 1.00 bits per heavy atom. The molecule has 3 amide bonds. The lowest BCUT2D eigenvalue weighted by Crippen LogP contribution is -2.44. The third kappa shape index (κ3) is 5.39. The molecule has 0 N–H and O–H groups in total. The van der Waals surface area contributed by atoms with Gasteiger partial charge in [0.05, 0.1) is 9.38 Å². The second kappa shape index (κ2) is 10.7. The van der Waals surface area contributed by atoms with Crippen LogP contribution in [0.15, 0.2) is 82.2 Å². The van der Waals surface area contributed by atoms with Gasteiger partial charge in [0.1, 0.15) is 18.9 Å². The van der Waals surface area contributed by atoms with E-state index in [0.717, 1.165) is 44.2 Å². The second-order valence-electron chi connectivity index (χ2n) is 8.57. The summed E-state index contributed by atoms with van der Waals surface area (Å²) in [6, 6.07) is 23.4. The van der Waals surface area contributed by atoms with E-state index in [0.29, 0.717) is 30.4 Å². The molecule has 182 valence electrons. The van der Waals surface area contributed by atoms with Gasteiger partial charge in [-0.1, -0.05) is 60.7 Å². The molecule has 1 saturated heterocycles. The van der Waals surface area contributed by atoms with E-state index in [-0.39, 0.29) is 12.5 Å². The number of amides is 3. The zero-order valence-electron chi connectivity index (χ0n) is 19.4. The van der Waals surface area contributed by atoms with Gasteiger partial charge in [0.15, 0.2) is 0 Å². The molecule has 0 atom stereocenters. The normalized spacial score (nSPS) is 16.4. The first-order valence-electron chi connectivity index (χ1n) is 11.5. The number of carbonyl (C=O) groups is 3. The van der Waals surface area contributed by atoms with Crippen molar-refractivity contribution in [2.45, 2.75) is 19.6 Å². The minimum Gasteiger partial charge on any atom is -0.488 e. The van der Waals surface area contributed by atoms with Gasteiger partial charge >= 0.3 is 0 Å². The number of thioether (sulfide) groups is 1. The summed E-state index contributed by atoms with van der Waals surface area (Å²) in [6.45, 7) is 1.26. The van der Waals surface area contributed by atoms with Crippen LogP contribution in [0.5, 0.6) is 5.75 Å². The Labute approximate surface area is 222 Å². The third-order valence-electron chi connectivity index (χ3n) is 6.14. The van der Waals surface area contributed by atoms with E-state index in [1.807, 2.05) is 66.7 Å². The largest absolute Gasteiger partial charge is 0.488 e. The Bertz CT molecular complexity index is 1360. The average Bonchev–Trinajstić information content (AvgIpc) is 3.15. The molecule has 0 spiro atoms. The van der Waals surface area contributed by atoms with E-state index in [1.54, 1.807) is 11.0 Å². The highest BCUT2D eigenvalue weighted by atomic mass is 79.9. The van der Waals surface area contributed by atoms with Crippen LogP contribution in [0.4, 0.5) is 4.79 Å². The van der Waals surface area contributed by atoms with E-state index in [2.05, 4.69) is 22.0 Å². The summed E-state index contributed by atoms with van der Waals surface area (Å²) >= 11 is 4.38. The summed E-state index contributed by atoms with van der Waals surface area (Å²) < 4.78 is 6.62. The summed E-state index contributed by atoms with van der Waals surface area (Å²) in [6.07, 6.45) is 2.43. The van der Waals surface area contributed by atoms with Gasteiger partial charge in [-0.25, -0.2) is 0 Å². The molecule has 36 heavy (non-hydrogen) atoms. The number of nitrogens with zero attached hydrogens (tertiary/aromatic N) is 2. The number of hydrogen-bond donors (Lipinski definition) is 0. The fraction of sp³-hybridized carbons (Fsp3) is 0.179. The lowest BCUT2D eigenvalue weighted by atomic mass is 10.00. The Hall–Kier alpha value is -3.36. The first kappa shape index (κ1) is 24.3. The van der Waals surface area contributed by atoms with Crippen molar-refractivity contribution in [3.63, 3.8) is 0 Å². The Morgan fingerprint density at radius 3 is 2.53 bits per heavy atom. The number of hydrogen-bond acceptors (Lipinski definition) is 5. The van der Waals surface area contributed by atoms with Crippen molar-refractivity contribution in [3.05, 3.63) is 104 Å². The maximum absolute atomic E-state index is 13.0. The zero-order chi connectivity index (χ0) is 25.1. The summed E-state index contributed by atoms with van der Waals surface area (Å²) in [5.74, 6) is 0.00445. The molecule has 0 aromatic heterocycles. The molecular formula is C28H23BrN2O4S. The van der Waals surface area contributed by atoms with Gasteiger partial charge in [-0.15, -0.1) is 0 Å². The monoisotopic (exact) mass is 562 g/mol. The van der Waals surface area contributed by atoms with Crippen LogP contribution < -0.4 is 4.74 Å². The molecule has 0 saturated carbocycles. The fourth-order valence-electron chi connectivity index (χ4n) is 4.19. The fourth-order valence-corrected chi connectivity index (χ4v) is 5.54. The van der Waals surface area contributed by atoms with Crippen LogP contribution in [0, 0.1) is 0 Å². The molecule has 8 heteroatoms. The van der Waals surface area contributed by atoms with Crippen molar-refractivity contribution in [1.82, 2.24) is 9.80 Å². The number of ether oxygens (including phenoxy) is 1. The third-order valence-corrected chi connectivity index (χ3v) is 7.67. The maximum atomic E-state index is 13.0. The molecule has 6 nitrogen and oxygen atoms in total. The van der Waals surface area contributed by atoms with Crippen molar-refractivity contribution in [3.8, 4) is 5.75 Å². The highest BCUT2D eigenvalue weighted by Crippen LogP contribution is 2.34. The molecule has 2 aliphatic heterocycles. The van der Waals surface area contributed by atoms with E-state index >= 15 is 0 Å². The van der Waals surface area contributed by atoms with Gasteiger partial charge in [-0.2, -0.15) is 0 Å². The topological polar surface area (TPSA) is 66.9 Å². The predicted molar refractivity (Wildman–Crippen MR) is 143 cm³/mol. The van der Waals surface area contributed by atoms with Crippen molar-refractivity contribution >= 4 is 50.8 Å². The first-order chi connectivity index (χ1) is 17.5. The van der Waals surface area contributed by atoms with Crippen LogP contribution >= 0.6 is 27.7 Å². The molecule has 1 fully saturated rings. The van der Waals surface area contributed by atoms with Gasteiger partial charge in [0, 0.05) is 13.1 Å². The standard InChI is InChI=1S/C28H23BrN2O4S/c29-23-14-20(10-11-24(23)35-18-19-6-2-1-3-7-19)15-25-27(33)31(28(34)36-25)17-26(32)30-13-12-21-8-4-5-9-22(21)16-30/h1-11,14-15H,12-13,16-18H2/b25-15+. The van der Waals surface area contributed by atoms with E-state index < -0.39 is 11.1 Å². The van der Waals surface area contributed by atoms with Gasteiger partial charge in [0.2, 0.25) is 5.91 Å². The SMILES string of the molecule is O=C(CN1C(=O)S/C(=C/c2ccc(OCc3ccccc3)c(Br)c2)C1=O)N1CCc2ccccc2C1. The summed E-state index contributed by atoms with van der Waals surface area (Å²) in [7, 11) is 0. The van der Waals surface area contributed by atoms with E-state index in [4.69, 9.17) is 4.74 Å². The van der Waals surface area contributed by atoms with E-state index in [1.165, 1.54) is 5.56 Å². The van der Waals surface area contributed by atoms with E-state index in [9.17, 15) is 14.4 Å². The van der Waals surface area contributed by atoms with Crippen LogP contribution in [-0.2, 0) is 29.2 Å². The lowest BCUT2D eigenvalue weighted by molar-refractivity contribution is -0.136. The van der Waals surface area contributed by atoms with Crippen molar-refractivity contribution in [2.24, 2.45) is 0 Å². The quantitative estimate of drug-likeness (QED) is 0.363. The highest BCUT2D eigenvalue weighted by Gasteiger charge is 2.37. The molecular weight excluding hydrogens is 540 g/mol. The Morgan fingerprint density at radius 2 is 1.75 bits per heavy atom. The zero-order valence-corrected chi connectivity index (χ0v) is 21.8. The molecule has 3 aromatic rings. The number of fused-ring (bicyclic) bond motifs is 1. The summed E-state index contributed by atoms with van der Waals surface area (Å²) in [4.78, 5) is 41.5. The highest BCUT2D eigenvalue weighted by molar-refractivity contribution is 9.10. The van der Waals surface area contributed by atoms with Crippen molar-refractivity contribution in [1.29, 1.82) is 0 Å². The molecule has 0 bridgehead atoms. The van der Waals surface area contributed by atoms with Gasteiger partial charge in [0.25, 0.3) is 11.1 Å². The molecule has 0 radical (unpaired) electrons. The van der Waals surface area contributed by atoms with Crippen LogP contribution in [0.2, 0.25) is 0 Å². The Kier molecular flexibility index (Phi) is 7.25. The Balaban J connectivity index is 1.23. The summed E-state index contributed by atoms with van der Waals surface area (Å²) in [5.41, 5.74) is 4.15. The molecule has 0 unspecified atom stereocenters. The number of halogens is 1. The molecule has 2 heterocycles. The van der Waals surface area contributed by atoms with Crippen LogP contribution in [-0.4, -0.2) is 39.9 Å². The number of benzene rings is 3. The second-order valence-corrected chi connectivity index (χ2v) is 10.4. The molecule has 0 aliphatic carbocycles. The average molecular weight is 563 g/mol. The number of rotatable bonds is 6. The van der Waals surface area contributed by atoms with Crippen LogP contribution in [0.1, 0.15) is 22.3 Å². The summed E-state index contributed by atoms with van der Waals surface area (Å²) in [5, 5.41) is -0.432. The molecule has 3 aromatic carbocycles. The smallest absolute Gasteiger partial charge is 0.294 e. The van der Waals surface area contributed by atoms with Gasteiger partial charge in [-0.3, -0.25) is 19.3 Å². The van der Waals surface area contributed by atoms with Gasteiger partial charge in [-0.05, 0) is 74.6 Å². The molecule has 5 rings (SSSR count). The van der Waals surface area contributed by atoms with Crippen molar-refractivity contribution in [2.75, 3.05) is 13.1 Å². The minimum atomic E-state index is -0.448. The maximum Gasteiger partial charge on any atom is 0.294 e. The lowest BCUT2D eigenvalue weighted by Gasteiger charge is -2.29. The van der Waals surface area contributed by atoms with Crippen molar-refractivity contribution < 1.29 is 19.1 Å². The minimum absolute atomic E-state index is 0.226. The van der Waals surface area contributed by atoms with Crippen LogP contribution in [0.25, 0.3) is 6.08 Å². The van der Waals surface area contributed by atoms with Crippen LogP contribution in [0.3, 0.4) is 0 Å². The molecule has 2 aliphatic rings. The number of imide groups is 1. The first-order valence-corrected chi connectivity index (χ1v) is 13.1.